The van der Waals surface area contributed by atoms with E-state index >= 15 is 0 Å². The summed E-state index contributed by atoms with van der Waals surface area (Å²) >= 11 is 0. The van der Waals surface area contributed by atoms with Crippen molar-refractivity contribution in [3.8, 4) is 0 Å². The minimum Gasteiger partial charge on any atom is -0.326 e. The number of benzene rings is 2. The molecule has 0 bridgehead atoms. The fraction of sp³-hybridized carbons (Fsp3) is 0.350. The molecule has 0 unspecified atom stereocenters. The molecular formula is C20H23FN2O3S. The molecule has 0 saturated carbocycles. The van der Waals surface area contributed by atoms with E-state index in [1.54, 1.807) is 0 Å². The van der Waals surface area contributed by atoms with E-state index in [0.717, 1.165) is 11.3 Å². The Morgan fingerprint density at radius 1 is 1.11 bits per heavy atom. The number of hydrogen-bond acceptors (Lipinski definition) is 3. The molecule has 1 amide bonds. The van der Waals surface area contributed by atoms with Gasteiger partial charge in [-0.25, -0.2) is 17.1 Å². The molecule has 1 aliphatic heterocycles. The molecule has 1 aliphatic rings. The number of aryl methyl sites for hydroxylation is 1. The number of nitrogens with one attached hydrogen (secondary N) is 1. The van der Waals surface area contributed by atoms with Gasteiger partial charge in [0.1, 0.15) is 5.82 Å². The van der Waals surface area contributed by atoms with Gasteiger partial charge in [-0.2, -0.15) is 0 Å². The molecule has 1 heterocycles. The smallest absolute Gasteiger partial charge is 0.227 e. The summed E-state index contributed by atoms with van der Waals surface area (Å²) in [5, 5.41) is 2.94. The van der Waals surface area contributed by atoms with E-state index in [9.17, 15) is 17.6 Å². The number of piperidine rings is 1. The average Bonchev–Trinajstić information content (AvgIpc) is 2.65. The molecule has 0 atom stereocenters. The molecule has 1 fully saturated rings. The molecule has 144 valence electrons. The van der Waals surface area contributed by atoms with Gasteiger partial charge in [0.25, 0.3) is 0 Å². The van der Waals surface area contributed by atoms with Crippen LogP contribution in [0.25, 0.3) is 0 Å². The molecule has 7 heteroatoms. The average molecular weight is 390 g/mol. The van der Waals surface area contributed by atoms with E-state index in [-0.39, 0.29) is 17.6 Å². The second kappa shape index (κ2) is 8.19. The Hall–Kier alpha value is -2.25. The van der Waals surface area contributed by atoms with E-state index < -0.39 is 15.8 Å². The first-order valence-corrected chi connectivity index (χ1v) is 10.5. The summed E-state index contributed by atoms with van der Waals surface area (Å²) in [6, 6.07) is 13.0. The first-order chi connectivity index (χ1) is 12.8. The SMILES string of the molecule is Cc1ccccc1NC(=O)C1CCN(S(=O)(=O)Cc2ccc(F)cc2)CC1. The Morgan fingerprint density at radius 3 is 2.37 bits per heavy atom. The molecule has 0 aliphatic carbocycles. The third-order valence-electron chi connectivity index (χ3n) is 4.88. The largest absolute Gasteiger partial charge is 0.326 e. The van der Waals surface area contributed by atoms with Gasteiger partial charge in [-0.3, -0.25) is 4.79 Å². The molecule has 3 rings (SSSR count). The van der Waals surface area contributed by atoms with Crippen LogP contribution in [-0.4, -0.2) is 31.7 Å². The van der Waals surface area contributed by atoms with Gasteiger partial charge in [0.2, 0.25) is 15.9 Å². The maximum atomic E-state index is 13.0. The Bertz CT molecular complexity index is 905. The zero-order valence-corrected chi connectivity index (χ0v) is 16.0. The second-order valence-corrected chi connectivity index (χ2v) is 8.83. The number of amides is 1. The van der Waals surface area contributed by atoms with Gasteiger partial charge in [0.15, 0.2) is 0 Å². The molecular weight excluding hydrogens is 367 g/mol. The first-order valence-electron chi connectivity index (χ1n) is 8.94. The van der Waals surface area contributed by atoms with Crippen molar-refractivity contribution < 1.29 is 17.6 Å². The van der Waals surface area contributed by atoms with E-state index in [2.05, 4.69) is 5.32 Å². The van der Waals surface area contributed by atoms with Crippen LogP contribution in [0.2, 0.25) is 0 Å². The van der Waals surface area contributed by atoms with Crippen molar-refractivity contribution in [1.29, 1.82) is 0 Å². The quantitative estimate of drug-likeness (QED) is 0.852. The normalized spacial score (nSPS) is 16.2. The van der Waals surface area contributed by atoms with Crippen LogP contribution >= 0.6 is 0 Å². The van der Waals surface area contributed by atoms with Gasteiger partial charge >= 0.3 is 0 Å². The Balaban J connectivity index is 1.57. The first kappa shape index (κ1) is 19.5. The molecule has 0 aromatic heterocycles. The van der Waals surface area contributed by atoms with Crippen molar-refractivity contribution >= 4 is 21.6 Å². The van der Waals surface area contributed by atoms with Crippen molar-refractivity contribution in [3.05, 3.63) is 65.5 Å². The summed E-state index contributed by atoms with van der Waals surface area (Å²) in [5.74, 6) is -0.828. The molecule has 27 heavy (non-hydrogen) atoms. The van der Waals surface area contributed by atoms with Gasteiger partial charge < -0.3 is 5.32 Å². The molecule has 2 aromatic carbocycles. The number of halogens is 1. The summed E-state index contributed by atoms with van der Waals surface area (Å²) < 4.78 is 39.6. The van der Waals surface area contributed by atoms with E-state index in [0.29, 0.717) is 31.5 Å². The lowest BCUT2D eigenvalue weighted by atomic mass is 9.97. The van der Waals surface area contributed by atoms with Crippen LogP contribution in [0.1, 0.15) is 24.0 Å². The van der Waals surface area contributed by atoms with Gasteiger partial charge in [0.05, 0.1) is 5.75 Å². The second-order valence-electron chi connectivity index (χ2n) is 6.86. The van der Waals surface area contributed by atoms with Crippen LogP contribution < -0.4 is 5.32 Å². The van der Waals surface area contributed by atoms with Gasteiger partial charge in [-0.05, 0) is 49.1 Å². The summed E-state index contributed by atoms with van der Waals surface area (Å²) in [6.45, 7) is 2.56. The summed E-state index contributed by atoms with van der Waals surface area (Å²) in [6.07, 6.45) is 0.973. The number of hydrogen-bond donors (Lipinski definition) is 1. The number of anilines is 1. The van der Waals surface area contributed by atoms with Crippen LogP contribution in [0.15, 0.2) is 48.5 Å². The standard InChI is InChI=1S/C20H23FN2O3S/c1-15-4-2-3-5-19(15)22-20(24)17-10-12-23(13-11-17)27(25,26)14-16-6-8-18(21)9-7-16/h2-9,17H,10-14H2,1H3,(H,22,24). The monoisotopic (exact) mass is 390 g/mol. The number of carbonyl (C=O) groups is 1. The van der Waals surface area contributed by atoms with Crippen molar-refractivity contribution in [2.75, 3.05) is 18.4 Å². The molecule has 0 spiro atoms. The highest BCUT2D eigenvalue weighted by Gasteiger charge is 2.31. The molecule has 1 N–H and O–H groups in total. The number of rotatable bonds is 5. The Labute approximate surface area is 159 Å². The number of carbonyl (C=O) groups excluding carboxylic acids is 1. The maximum absolute atomic E-state index is 13.0. The van der Waals surface area contributed by atoms with Crippen molar-refractivity contribution in [2.24, 2.45) is 5.92 Å². The van der Waals surface area contributed by atoms with Crippen molar-refractivity contribution in [3.63, 3.8) is 0 Å². The Morgan fingerprint density at radius 2 is 1.74 bits per heavy atom. The van der Waals surface area contributed by atoms with Crippen LogP contribution in [0, 0.1) is 18.7 Å². The van der Waals surface area contributed by atoms with Gasteiger partial charge in [0, 0.05) is 24.7 Å². The van der Waals surface area contributed by atoms with Crippen LogP contribution in [0.5, 0.6) is 0 Å². The molecule has 5 nitrogen and oxygen atoms in total. The van der Waals surface area contributed by atoms with Crippen LogP contribution in [0.4, 0.5) is 10.1 Å². The lowest BCUT2D eigenvalue weighted by Crippen LogP contribution is -2.41. The van der Waals surface area contributed by atoms with Crippen molar-refractivity contribution in [1.82, 2.24) is 4.31 Å². The third-order valence-corrected chi connectivity index (χ3v) is 6.73. The molecule has 2 aromatic rings. The lowest BCUT2D eigenvalue weighted by molar-refractivity contribution is -0.120. The summed E-state index contributed by atoms with van der Waals surface area (Å²) in [5.41, 5.74) is 2.33. The number of nitrogens with zero attached hydrogens (tertiary/aromatic N) is 1. The minimum absolute atomic E-state index is 0.0696. The van der Waals surface area contributed by atoms with E-state index in [4.69, 9.17) is 0 Å². The van der Waals surface area contributed by atoms with E-state index in [1.165, 1.54) is 28.6 Å². The number of sulfonamides is 1. The summed E-state index contributed by atoms with van der Waals surface area (Å²) in [7, 11) is -3.48. The van der Waals surface area contributed by atoms with Crippen molar-refractivity contribution in [2.45, 2.75) is 25.5 Å². The topological polar surface area (TPSA) is 66.5 Å². The predicted octanol–water partition coefficient (Wildman–Crippen LogP) is 3.31. The van der Waals surface area contributed by atoms with E-state index in [1.807, 2.05) is 31.2 Å². The summed E-state index contributed by atoms with van der Waals surface area (Å²) in [4.78, 5) is 12.5. The fourth-order valence-electron chi connectivity index (χ4n) is 3.23. The fourth-order valence-corrected chi connectivity index (χ4v) is 4.79. The highest BCUT2D eigenvalue weighted by atomic mass is 32.2. The van der Waals surface area contributed by atoms with Crippen LogP contribution in [0.3, 0.4) is 0 Å². The molecule has 1 saturated heterocycles. The Kier molecular flexibility index (Phi) is 5.92. The maximum Gasteiger partial charge on any atom is 0.227 e. The van der Waals surface area contributed by atoms with Gasteiger partial charge in [-0.15, -0.1) is 0 Å². The zero-order chi connectivity index (χ0) is 19.4. The minimum atomic E-state index is -3.48. The lowest BCUT2D eigenvalue weighted by Gasteiger charge is -2.30. The highest BCUT2D eigenvalue weighted by Crippen LogP contribution is 2.24. The molecule has 0 radical (unpaired) electrons. The van der Waals surface area contributed by atoms with Crippen LogP contribution in [-0.2, 0) is 20.6 Å². The zero-order valence-electron chi connectivity index (χ0n) is 15.2. The third kappa shape index (κ3) is 4.93. The number of para-hydroxylation sites is 1. The highest BCUT2D eigenvalue weighted by molar-refractivity contribution is 7.88. The van der Waals surface area contributed by atoms with Gasteiger partial charge in [-0.1, -0.05) is 30.3 Å². The predicted molar refractivity (Wildman–Crippen MR) is 103 cm³/mol.